The number of nitro benzene ring substituents is 1. The maximum Gasteiger partial charge on any atom is 0.288 e. The molecule has 0 bridgehead atoms. The van der Waals surface area contributed by atoms with Crippen LogP contribution in [0.1, 0.15) is 19.4 Å². The Morgan fingerprint density at radius 1 is 1.47 bits per heavy atom. The Labute approximate surface area is 106 Å². The maximum atomic E-state index is 10.7. The first kappa shape index (κ1) is 13.9. The normalized spacial score (nSPS) is 11.2. The summed E-state index contributed by atoms with van der Waals surface area (Å²) in [6, 6.07) is 4.95. The quantitative estimate of drug-likeness (QED) is 0.600. The molecule has 0 unspecified atom stereocenters. The van der Waals surface area contributed by atoms with Crippen molar-refractivity contribution in [1.82, 2.24) is 4.90 Å². The first-order chi connectivity index (χ1) is 7.90. The molecular formula is C12H17ClN2O2. The maximum absolute atomic E-state index is 10.7. The molecule has 4 nitrogen and oxygen atoms in total. The van der Waals surface area contributed by atoms with E-state index in [2.05, 4.69) is 18.7 Å². The molecule has 1 rings (SSSR count). The highest BCUT2D eigenvalue weighted by atomic mass is 35.5. The number of benzene rings is 1. The van der Waals surface area contributed by atoms with E-state index in [1.54, 1.807) is 12.1 Å². The molecule has 0 aliphatic rings. The van der Waals surface area contributed by atoms with Crippen LogP contribution in [0, 0.1) is 16.0 Å². The lowest BCUT2D eigenvalue weighted by Gasteiger charge is -2.18. The van der Waals surface area contributed by atoms with Gasteiger partial charge in [-0.15, -0.1) is 0 Å². The third kappa shape index (κ3) is 4.32. The summed E-state index contributed by atoms with van der Waals surface area (Å²) in [5.74, 6) is 0.572. The number of nitrogens with zero attached hydrogens (tertiary/aromatic N) is 2. The van der Waals surface area contributed by atoms with Gasteiger partial charge in [0, 0.05) is 19.2 Å². The zero-order valence-corrected chi connectivity index (χ0v) is 11.1. The topological polar surface area (TPSA) is 46.4 Å². The number of hydrogen-bond acceptors (Lipinski definition) is 3. The second-order valence-electron chi connectivity index (χ2n) is 4.63. The molecule has 0 radical (unpaired) electrons. The standard InChI is InChI=1S/C12H17ClN2O2/c1-9(2)7-14(3)8-10-4-5-11(13)12(6-10)15(16)17/h4-6,9H,7-8H2,1-3H3. The minimum atomic E-state index is -0.450. The van der Waals surface area contributed by atoms with Crippen molar-refractivity contribution in [3.63, 3.8) is 0 Å². The zero-order chi connectivity index (χ0) is 13.0. The van der Waals surface area contributed by atoms with Gasteiger partial charge in [-0.3, -0.25) is 10.1 Å². The minimum absolute atomic E-state index is 0.0258. The van der Waals surface area contributed by atoms with E-state index in [0.29, 0.717) is 12.5 Å². The van der Waals surface area contributed by atoms with Gasteiger partial charge in [0.2, 0.25) is 0 Å². The van der Waals surface area contributed by atoms with Crippen molar-refractivity contribution in [2.45, 2.75) is 20.4 Å². The summed E-state index contributed by atoms with van der Waals surface area (Å²) in [7, 11) is 2.00. The fourth-order valence-corrected chi connectivity index (χ4v) is 1.98. The van der Waals surface area contributed by atoms with E-state index in [4.69, 9.17) is 11.6 Å². The minimum Gasteiger partial charge on any atom is -0.302 e. The molecule has 0 saturated heterocycles. The Morgan fingerprint density at radius 2 is 2.12 bits per heavy atom. The third-order valence-electron chi connectivity index (χ3n) is 2.34. The summed E-state index contributed by atoms with van der Waals surface area (Å²) in [6.07, 6.45) is 0. The molecular weight excluding hydrogens is 240 g/mol. The molecule has 0 spiro atoms. The molecule has 17 heavy (non-hydrogen) atoms. The van der Waals surface area contributed by atoms with Crippen LogP contribution < -0.4 is 0 Å². The Kier molecular flexibility index (Phi) is 4.90. The lowest BCUT2D eigenvalue weighted by atomic mass is 10.1. The van der Waals surface area contributed by atoms with Crippen LogP contribution in [0.25, 0.3) is 0 Å². The number of halogens is 1. The van der Waals surface area contributed by atoms with Crippen molar-refractivity contribution in [2.24, 2.45) is 5.92 Å². The van der Waals surface area contributed by atoms with Crippen LogP contribution in [0.5, 0.6) is 0 Å². The first-order valence-electron chi connectivity index (χ1n) is 5.51. The van der Waals surface area contributed by atoms with Crippen LogP contribution >= 0.6 is 11.6 Å². The fourth-order valence-electron chi connectivity index (χ4n) is 1.80. The number of hydrogen-bond donors (Lipinski definition) is 0. The molecule has 94 valence electrons. The monoisotopic (exact) mass is 256 g/mol. The average molecular weight is 257 g/mol. The van der Waals surface area contributed by atoms with Gasteiger partial charge in [-0.2, -0.15) is 0 Å². The van der Waals surface area contributed by atoms with Gasteiger partial charge in [0.25, 0.3) is 5.69 Å². The van der Waals surface area contributed by atoms with E-state index < -0.39 is 4.92 Å². The Hall–Kier alpha value is -1.13. The van der Waals surface area contributed by atoms with E-state index in [1.807, 2.05) is 13.1 Å². The third-order valence-corrected chi connectivity index (χ3v) is 2.66. The van der Waals surface area contributed by atoms with Crippen LogP contribution in [0.2, 0.25) is 5.02 Å². The zero-order valence-electron chi connectivity index (χ0n) is 10.3. The first-order valence-corrected chi connectivity index (χ1v) is 5.89. The van der Waals surface area contributed by atoms with Crippen LogP contribution in [0.3, 0.4) is 0 Å². The second-order valence-corrected chi connectivity index (χ2v) is 5.04. The lowest BCUT2D eigenvalue weighted by molar-refractivity contribution is -0.384. The van der Waals surface area contributed by atoms with Crippen LogP contribution in [-0.2, 0) is 6.54 Å². The van der Waals surface area contributed by atoms with E-state index in [0.717, 1.165) is 12.1 Å². The number of rotatable bonds is 5. The summed E-state index contributed by atoms with van der Waals surface area (Å²) in [5.41, 5.74) is 0.881. The van der Waals surface area contributed by atoms with Crippen molar-refractivity contribution in [3.05, 3.63) is 38.9 Å². The van der Waals surface area contributed by atoms with Gasteiger partial charge in [0.15, 0.2) is 0 Å². The molecule has 0 amide bonds. The van der Waals surface area contributed by atoms with E-state index in [9.17, 15) is 10.1 Å². The molecule has 0 aromatic heterocycles. The van der Waals surface area contributed by atoms with Gasteiger partial charge in [0.1, 0.15) is 5.02 Å². The van der Waals surface area contributed by atoms with Crippen molar-refractivity contribution in [1.29, 1.82) is 0 Å². The lowest BCUT2D eigenvalue weighted by Crippen LogP contribution is -2.22. The highest BCUT2D eigenvalue weighted by Gasteiger charge is 2.13. The Balaban J connectivity index is 2.79. The molecule has 0 fully saturated rings. The van der Waals surface area contributed by atoms with Gasteiger partial charge >= 0.3 is 0 Å². The van der Waals surface area contributed by atoms with Crippen LogP contribution in [-0.4, -0.2) is 23.4 Å². The molecule has 0 N–H and O–H groups in total. The molecule has 0 aliphatic heterocycles. The van der Waals surface area contributed by atoms with E-state index >= 15 is 0 Å². The molecule has 0 aliphatic carbocycles. The Bertz CT molecular complexity index is 407. The molecule has 5 heteroatoms. The summed E-state index contributed by atoms with van der Waals surface area (Å²) in [6.45, 7) is 5.92. The van der Waals surface area contributed by atoms with E-state index in [-0.39, 0.29) is 10.7 Å². The highest BCUT2D eigenvalue weighted by Crippen LogP contribution is 2.25. The molecule has 0 atom stereocenters. The summed E-state index contributed by atoms with van der Waals surface area (Å²) in [4.78, 5) is 12.4. The van der Waals surface area contributed by atoms with Crippen LogP contribution in [0.4, 0.5) is 5.69 Å². The predicted molar refractivity (Wildman–Crippen MR) is 69.3 cm³/mol. The SMILES string of the molecule is CC(C)CN(C)Cc1ccc(Cl)c([N+](=O)[O-])c1. The van der Waals surface area contributed by atoms with Crippen molar-refractivity contribution < 1.29 is 4.92 Å². The van der Waals surface area contributed by atoms with Gasteiger partial charge in [-0.05, 0) is 24.6 Å². The molecule has 1 aromatic rings. The predicted octanol–water partition coefficient (Wildman–Crippen LogP) is 3.34. The second kappa shape index (κ2) is 5.98. The van der Waals surface area contributed by atoms with Gasteiger partial charge in [-0.1, -0.05) is 31.5 Å². The largest absolute Gasteiger partial charge is 0.302 e. The van der Waals surface area contributed by atoms with Gasteiger partial charge in [-0.25, -0.2) is 0 Å². The van der Waals surface area contributed by atoms with Crippen LogP contribution in [0.15, 0.2) is 18.2 Å². The van der Waals surface area contributed by atoms with Crippen molar-refractivity contribution in [3.8, 4) is 0 Å². The highest BCUT2D eigenvalue weighted by molar-refractivity contribution is 6.32. The Morgan fingerprint density at radius 3 is 2.65 bits per heavy atom. The fraction of sp³-hybridized carbons (Fsp3) is 0.500. The summed E-state index contributed by atoms with van der Waals surface area (Å²) < 4.78 is 0. The van der Waals surface area contributed by atoms with Crippen molar-refractivity contribution in [2.75, 3.05) is 13.6 Å². The summed E-state index contributed by atoms with van der Waals surface area (Å²) in [5, 5.41) is 10.9. The van der Waals surface area contributed by atoms with E-state index in [1.165, 1.54) is 0 Å². The molecule has 0 heterocycles. The average Bonchev–Trinajstić information content (AvgIpc) is 2.19. The smallest absolute Gasteiger partial charge is 0.288 e. The summed E-state index contributed by atoms with van der Waals surface area (Å²) >= 11 is 5.76. The van der Waals surface area contributed by atoms with Gasteiger partial charge in [0.05, 0.1) is 4.92 Å². The van der Waals surface area contributed by atoms with Gasteiger partial charge < -0.3 is 4.90 Å². The molecule has 0 saturated carbocycles. The number of nitro groups is 1. The molecule has 1 aromatic carbocycles. The van der Waals surface area contributed by atoms with Crippen molar-refractivity contribution >= 4 is 17.3 Å².